The average Bonchev–Trinajstić information content (AvgIpc) is 3.59. The van der Waals surface area contributed by atoms with Crippen LogP contribution in [0.15, 0.2) is 24.3 Å². The van der Waals surface area contributed by atoms with Gasteiger partial charge in [0.15, 0.2) is 6.29 Å². The molecule has 4 atom stereocenters. The lowest BCUT2D eigenvalue weighted by atomic mass is 9.99. The summed E-state index contributed by atoms with van der Waals surface area (Å²) in [5, 5.41) is 3.16. The predicted octanol–water partition coefficient (Wildman–Crippen LogP) is 14.4. The number of allylic oxidation sites excluding steroid dienone is 4. The fourth-order valence-electron chi connectivity index (χ4n) is 8.06. The standard InChI is InChI=1S/C52H95NO7/c1-6-10-13-16-19-20-21-22-23-24-25-26-27-28-31-38-50(55)59-47-43-46(53-49(54)37-34-36-45(5)35-9-4)44-48(47)60-51(56)39-40-52(57-41-32-29-17-14-11-7-2)58-42-33-30-18-15-12-8-3/h19-20,22-23,45-48,52H,6-18,21,24-44H2,1-5H3,(H,53,54)/b20-19-,23-22-. The third-order valence-electron chi connectivity index (χ3n) is 11.8. The van der Waals surface area contributed by atoms with Crippen molar-refractivity contribution in [3.05, 3.63) is 24.3 Å². The summed E-state index contributed by atoms with van der Waals surface area (Å²) in [6.07, 6.45) is 40.6. The molecule has 0 heterocycles. The summed E-state index contributed by atoms with van der Waals surface area (Å²) in [6, 6.07) is -0.203. The smallest absolute Gasteiger partial charge is 0.306 e. The van der Waals surface area contributed by atoms with Crippen molar-refractivity contribution in [3.63, 3.8) is 0 Å². The van der Waals surface area contributed by atoms with Crippen molar-refractivity contribution in [1.29, 1.82) is 0 Å². The summed E-state index contributed by atoms with van der Waals surface area (Å²) < 4.78 is 24.3. The summed E-state index contributed by atoms with van der Waals surface area (Å²) in [4.78, 5) is 39.3. The highest BCUT2D eigenvalue weighted by Crippen LogP contribution is 2.28. The van der Waals surface area contributed by atoms with E-state index in [0.717, 1.165) is 83.5 Å². The summed E-state index contributed by atoms with van der Waals surface area (Å²) in [6.45, 7) is 12.4. The fraction of sp³-hybridized carbons (Fsp3) is 0.865. The summed E-state index contributed by atoms with van der Waals surface area (Å²) in [5.74, 6) is 0.0273. The molecular weight excluding hydrogens is 751 g/mol. The van der Waals surface area contributed by atoms with E-state index in [4.69, 9.17) is 18.9 Å². The van der Waals surface area contributed by atoms with Gasteiger partial charge in [-0.3, -0.25) is 14.4 Å². The molecule has 0 aromatic carbocycles. The molecule has 4 unspecified atom stereocenters. The first-order valence-electron chi connectivity index (χ1n) is 25.5. The molecule has 8 heteroatoms. The first kappa shape index (κ1) is 55.8. The Morgan fingerprint density at radius 2 is 1.00 bits per heavy atom. The van der Waals surface area contributed by atoms with Gasteiger partial charge in [-0.05, 0) is 63.7 Å². The molecule has 1 fully saturated rings. The number of unbranched alkanes of at least 4 members (excludes halogenated alkanes) is 18. The SMILES string of the molecule is CCCCC/C=C\C/C=C\CCCCCCCC(=O)OC1CC(NC(=O)CCCC(C)CCC)CC1OC(=O)CCC(OCCCCCCCC)OCCCCCCCC. The van der Waals surface area contributed by atoms with Gasteiger partial charge in [0.25, 0.3) is 0 Å². The first-order chi connectivity index (χ1) is 29.3. The molecule has 0 spiro atoms. The lowest BCUT2D eigenvalue weighted by molar-refractivity contribution is -0.170. The summed E-state index contributed by atoms with van der Waals surface area (Å²) in [7, 11) is 0. The second-order valence-corrected chi connectivity index (χ2v) is 17.8. The van der Waals surface area contributed by atoms with Crippen LogP contribution in [0.1, 0.15) is 247 Å². The van der Waals surface area contributed by atoms with E-state index in [1.54, 1.807) is 0 Å². The first-order valence-corrected chi connectivity index (χ1v) is 25.5. The minimum Gasteiger partial charge on any atom is -0.458 e. The van der Waals surface area contributed by atoms with Crippen LogP contribution in [0.4, 0.5) is 0 Å². The maximum absolute atomic E-state index is 13.3. The highest BCUT2D eigenvalue weighted by Gasteiger charge is 2.40. The number of carbonyl (C=O) groups is 3. The zero-order valence-corrected chi connectivity index (χ0v) is 39.8. The maximum atomic E-state index is 13.3. The van der Waals surface area contributed by atoms with Crippen LogP contribution < -0.4 is 5.32 Å². The van der Waals surface area contributed by atoms with Crippen molar-refractivity contribution >= 4 is 17.8 Å². The lowest BCUT2D eigenvalue weighted by Gasteiger charge is -2.22. The van der Waals surface area contributed by atoms with Crippen LogP contribution in [-0.2, 0) is 33.3 Å². The third-order valence-corrected chi connectivity index (χ3v) is 11.8. The van der Waals surface area contributed by atoms with Gasteiger partial charge >= 0.3 is 11.9 Å². The molecule has 1 saturated carbocycles. The van der Waals surface area contributed by atoms with E-state index in [1.807, 2.05) is 0 Å². The van der Waals surface area contributed by atoms with E-state index < -0.39 is 18.5 Å². The van der Waals surface area contributed by atoms with Crippen molar-refractivity contribution in [2.75, 3.05) is 13.2 Å². The topological polar surface area (TPSA) is 100 Å². The molecule has 0 aromatic rings. The second kappa shape index (κ2) is 40.9. The number of ether oxygens (including phenoxy) is 4. The number of carbonyl (C=O) groups excluding carboxylic acids is 3. The van der Waals surface area contributed by atoms with Gasteiger partial charge < -0.3 is 24.3 Å². The monoisotopic (exact) mass is 846 g/mol. The van der Waals surface area contributed by atoms with E-state index in [9.17, 15) is 14.4 Å². The molecular formula is C52H95NO7. The Balaban J connectivity index is 2.64. The minimum atomic E-state index is -0.590. The zero-order chi connectivity index (χ0) is 43.7. The number of esters is 2. The van der Waals surface area contributed by atoms with Crippen LogP contribution in [-0.4, -0.2) is 55.6 Å². The normalized spacial score (nSPS) is 17.3. The van der Waals surface area contributed by atoms with E-state index in [-0.39, 0.29) is 30.3 Å². The van der Waals surface area contributed by atoms with Crippen molar-refractivity contribution < 1.29 is 33.3 Å². The Bertz CT molecular complexity index is 1060. The Kier molecular flexibility index (Phi) is 38.0. The molecule has 60 heavy (non-hydrogen) atoms. The van der Waals surface area contributed by atoms with Gasteiger partial charge in [-0.25, -0.2) is 0 Å². The van der Waals surface area contributed by atoms with Crippen LogP contribution >= 0.6 is 0 Å². The number of hydrogen-bond acceptors (Lipinski definition) is 7. The molecule has 1 rings (SSSR count). The average molecular weight is 846 g/mol. The molecule has 0 radical (unpaired) electrons. The highest BCUT2D eigenvalue weighted by atomic mass is 16.7. The van der Waals surface area contributed by atoms with Crippen LogP contribution in [0.5, 0.6) is 0 Å². The van der Waals surface area contributed by atoms with Gasteiger partial charge in [0.05, 0.1) is 6.42 Å². The van der Waals surface area contributed by atoms with Gasteiger partial charge in [0.2, 0.25) is 5.91 Å². The highest BCUT2D eigenvalue weighted by molar-refractivity contribution is 5.76. The van der Waals surface area contributed by atoms with Gasteiger partial charge in [-0.2, -0.15) is 0 Å². The molecule has 0 saturated heterocycles. The molecule has 0 aromatic heterocycles. The number of nitrogens with one attached hydrogen (secondary N) is 1. The van der Waals surface area contributed by atoms with Crippen molar-refractivity contribution in [1.82, 2.24) is 5.32 Å². The van der Waals surface area contributed by atoms with Crippen molar-refractivity contribution in [2.24, 2.45) is 5.92 Å². The van der Waals surface area contributed by atoms with Gasteiger partial charge in [0.1, 0.15) is 12.2 Å². The van der Waals surface area contributed by atoms with Gasteiger partial charge in [-0.15, -0.1) is 0 Å². The second-order valence-electron chi connectivity index (χ2n) is 17.8. The predicted molar refractivity (Wildman–Crippen MR) is 250 cm³/mol. The summed E-state index contributed by atoms with van der Waals surface area (Å²) in [5.41, 5.74) is 0. The Labute approximate surface area is 369 Å². The van der Waals surface area contributed by atoms with Gasteiger partial charge in [-0.1, -0.05) is 174 Å². The van der Waals surface area contributed by atoms with Gasteiger partial charge in [0, 0.05) is 51.4 Å². The fourth-order valence-corrected chi connectivity index (χ4v) is 8.06. The zero-order valence-electron chi connectivity index (χ0n) is 39.8. The third kappa shape index (κ3) is 33.4. The van der Waals surface area contributed by atoms with Crippen LogP contribution in [0.2, 0.25) is 0 Å². The van der Waals surface area contributed by atoms with E-state index in [0.29, 0.717) is 51.2 Å². The van der Waals surface area contributed by atoms with Crippen molar-refractivity contribution in [2.45, 2.75) is 271 Å². The number of hydrogen-bond donors (Lipinski definition) is 1. The van der Waals surface area contributed by atoms with Crippen LogP contribution in [0.3, 0.4) is 0 Å². The van der Waals surface area contributed by atoms with Crippen LogP contribution in [0, 0.1) is 5.92 Å². The molecule has 1 N–H and O–H groups in total. The van der Waals surface area contributed by atoms with Crippen LogP contribution in [0.25, 0.3) is 0 Å². The molecule has 8 nitrogen and oxygen atoms in total. The molecule has 0 bridgehead atoms. The van der Waals surface area contributed by atoms with Crippen molar-refractivity contribution in [3.8, 4) is 0 Å². The van der Waals surface area contributed by atoms with E-state index >= 15 is 0 Å². The Morgan fingerprint density at radius 1 is 0.517 bits per heavy atom. The molecule has 350 valence electrons. The van der Waals surface area contributed by atoms with E-state index in [1.165, 1.54) is 89.9 Å². The van der Waals surface area contributed by atoms with E-state index in [2.05, 4.69) is 64.2 Å². The number of rotatable bonds is 42. The molecule has 1 aliphatic carbocycles. The molecule has 1 aliphatic rings. The Morgan fingerprint density at radius 3 is 1.57 bits per heavy atom. The maximum Gasteiger partial charge on any atom is 0.306 e. The Hall–Kier alpha value is -2.19. The minimum absolute atomic E-state index is 0.0127. The molecule has 0 aliphatic heterocycles. The largest absolute Gasteiger partial charge is 0.458 e. The quantitative estimate of drug-likeness (QED) is 0.0283. The lowest BCUT2D eigenvalue weighted by Crippen LogP contribution is -2.33. The molecule has 1 amide bonds. The number of amides is 1. The summed E-state index contributed by atoms with van der Waals surface area (Å²) >= 11 is 0.